The zero-order valence-electron chi connectivity index (χ0n) is 11.5. The van der Waals surface area contributed by atoms with Gasteiger partial charge in [0.05, 0.1) is 0 Å². The topological polar surface area (TPSA) is 51.0 Å². The summed E-state index contributed by atoms with van der Waals surface area (Å²) in [7, 11) is 0. The van der Waals surface area contributed by atoms with Crippen molar-refractivity contribution in [2.75, 3.05) is 11.9 Å². The van der Waals surface area contributed by atoms with E-state index in [1.54, 1.807) is 0 Å². The van der Waals surface area contributed by atoms with Crippen molar-refractivity contribution in [1.82, 2.24) is 9.97 Å². The number of furan rings is 1. The summed E-state index contributed by atoms with van der Waals surface area (Å²) in [6.45, 7) is 5.04. The maximum Gasteiger partial charge on any atom is 0.197 e. The van der Waals surface area contributed by atoms with Gasteiger partial charge in [0.1, 0.15) is 11.6 Å². The molecule has 0 radical (unpaired) electrons. The number of hydrogen-bond acceptors (Lipinski definition) is 4. The first-order chi connectivity index (χ1) is 9.31. The predicted octanol–water partition coefficient (Wildman–Crippen LogP) is 3.22. The molecule has 2 aromatic rings. The molecule has 1 aliphatic carbocycles. The van der Waals surface area contributed by atoms with E-state index in [9.17, 15) is 0 Å². The van der Waals surface area contributed by atoms with Crippen LogP contribution in [0.1, 0.15) is 37.3 Å². The number of aryl methyl sites for hydroxylation is 2. The van der Waals surface area contributed by atoms with Crippen LogP contribution in [-0.4, -0.2) is 16.5 Å². The number of fused-ring (bicyclic) bond motifs is 1. The summed E-state index contributed by atoms with van der Waals surface area (Å²) in [6, 6.07) is 3.96. The van der Waals surface area contributed by atoms with E-state index in [1.807, 2.05) is 12.1 Å². The monoisotopic (exact) mass is 257 g/mol. The fourth-order valence-corrected chi connectivity index (χ4v) is 2.54. The van der Waals surface area contributed by atoms with E-state index >= 15 is 0 Å². The summed E-state index contributed by atoms with van der Waals surface area (Å²) in [5, 5.41) is 3.35. The van der Waals surface area contributed by atoms with E-state index in [4.69, 9.17) is 4.42 Å². The van der Waals surface area contributed by atoms with Crippen LogP contribution in [-0.2, 0) is 19.3 Å². The van der Waals surface area contributed by atoms with Gasteiger partial charge in [-0.05, 0) is 38.3 Å². The van der Waals surface area contributed by atoms with E-state index < -0.39 is 0 Å². The van der Waals surface area contributed by atoms with Crippen molar-refractivity contribution in [1.29, 1.82) is 0 Å². The van der Waals surface area contributed by atoms with Crippen molar-refractivity contribution in [3.05, 3.63) is 29.2 Å². The second kappa shape index (κ2) is 5.03. The number of anilines is 1. The van der Waals surface area contributed by atoms with Gasteiger partial charge in [-0.2, -0.15) is 0 Å². The van der Waals surface area contributed by atoms with E-state index in [0.717, 1.165) is 43.1 Å². The summed E-state index contributed by atoms with van der Waals surface area (Å²) in [5.41, 5.74) is 2.46. The van der Waals surface area contributed by atoms with E-state index in [1.165, 1.54) is 17.7 Å². The molecule has 0 unspecified atom stereocenters. The minimum Gasteiger partial charge on any atom is -0.458 e. The summed E-state index contributed by atoms with van der Waals surface area (Å²) >= 11 is 0. The van der Waals surface area contributed by atoms with Crippen LogP contribution < -0.4 is 5.32 Å². The van der Waals surface area contributed by atoms with Crippen molar-refractivity contribution in [2.24, 2.45) is 0 Å². The molecule has 0 aliphatic heterocycles. The Bertz CT molecular complexity index is 589. The molecule has 4 nitrogen and oxygen atoms in total. The minimum absolute atomic E-state index is 0.705. The molecule has 2 aromatic heterocycles. The number of rotatable bonds is 4. The molecular weight excluding hydrogens is 238 g/mol. The number of hydrogen-bond donors (Lipinski definition) is 1. The molecule has 0 atom stereocenters. The molecule has 19 heavy (non-hydrogen) atoms. The molecule has 3 rings (SSSR count). The Balaban J connectivity index is 2.04. The maximum absolute atomic E-state index is 5.76. The van der Waals surface area contributed by atoms with Crippen LogP contribution in [0.15, 0.2) is 16.5 Å². The number of aromatic nitrogens is 2. The summed E-state index contributed by atoms with van der Waals surface area (Å²) in [6.07, 6.45) is 4.19. The highest BCUT2D eigenvalue weighted by Gasteiger charge is 2.20. The van der Waals surface area contributed by atoms with Gasteiger partial charge in [-0.25, -0.2) is 9.97 Å². The molecule has 0 fully saturated rings. The molecule has 0 amide bonds. The molecule has 0 bridgehead atoms. The largest absolute Gasteiger partial charge is 0.458 e. The number of nitrogens with one attached hydrogen (secondary N) is 1. The van der Waals surface area contributed by atoms with Crippen LogP contribution in [0.5, 0.6) is 0 Å². The predicted molar refractivity (Wildman–Crippen MR) is 75.3 cm³/mol. The smallest absolute Gasteiger partial charge is 0.197 e. The Hall–Kier alpha value is -1.84. The zero-order chi connectivity index (χ0) is 13.2. The molecule has 100 valence electrons. The fraction of sp³-hybridized carbons (Fsp3) is 0.467. The van der Waals surface area contributed by atoms with Gasteiger partial charge in [0, 0.05) is 24.2 Å². The Kier molecular flexibility index (Phi) is 3.23. The van der Waals surface area contributed by atoms with Gasteiger partial charge in [-0.15, -0.1) is 0 Å². The van der Waals surface area contributed by atoms with Gasteiger partial charge in [0.15, 0.2) is 11.6 Å². The molecule has 0 aromatic carbocycles. The van der Waals surface area contributed by atoms with E-state index in [-0.39, 0.29) is 0 Å². The molecule has 2 heterocycles. The number of nitrogens with zero attached hydrogens (tertiary/aromatic N) is 2. The SMILES string of the molecule is CCNc1nc(-c2ccc(CC)o2)nc2c1CCC2. The highest BCUT2D eigenvalue weighted by atomic mass is 16.3. The van der Waals surface area contributed by atoms with Crippen LogP contribution in [0, 0.1) is 0 Å². The summed E-state index contributed by atoms with van der Waals surface area (Å²) in [5.74, 6) is 3.43. The van der Waals surface area contributed by atoms with Gasteiger partial charge in [-0.3, -0.25) is 0 Å². The van der Waals surface area contributed by atoms with Crippen LogP contribution in [0.25, 0.3) is 11.6 Å². The Labute approximate surface area is 113 Å². The lowest BCUT2D eigenvalue weighted by Gasteiger charge is -2.09. The average Bonchev–Trinajstić information content (AvgIpc) is 3.07. The second-order valence-corrected chi connectivity index (χ2v) is 4.82. The van der Waals surface area contributed by atoms with Gasteiger partial charge in [-0.1, -0.05) is 6.92 Å². The van der Waals surface area contributed by atoms with Crippen LogP contribution in [0.4, 0.5) is 5.82 Å². The average molecular weight is 257 g/mol. The highest BCUT2D eigenvalue weighted by Crippen LogP contribution is 2.29. The van der Waals surface area contributed by atoms with E-state index in [0.29, 0.717) is 5.82 Å². The van der Waals surface area contributed by atoms with Crippen molar-refractivity contribution in [3.8, 4) is 11.6 Å². The van der Waals surface area contributed by atoms with Crippen LogP contribution in [0.3, 0.4) is 0 Å². The Morgan fingerprint density at radius 1 is 1.21 bits per heavy atom. The Morgan fingerprint density at radius 2 is 2.11 bits per heavy atom. The fourth-order valence-electron chi connectivity index (χ4n) is 2.54. The molecular formula is C15H19N3O. The molecule has 4 heteroatoms. The molecule has 0 saturated heterocycles. The first kappa shape index (κ1) is 12.2. The van der Waals surface area contributed by atoms with Crippen molar-refractivity contribution < 1.29 is 4.42 Å². The maximum atomic E-state index is 5.76. The van der Waals surface area contributed by atoms with Crippen molar-refractivity contribution in [2.45, 2.75) is 39.5 Å². The minimum atomic E-state index is 0.705. The zero-order valence-corrected chi connectivity index (χ0v) is 11.5. The van der Waals surface area contributed by atoms with Gasteiger partial charge >= 0.3 is 0 Å². The molecule has 0 spiro atoms. The van der Waals surface area contributed by atoms with Gasteiger partial charge in [0.25, 0.3) is 0 Å². The lowest BCUT2D eigenvalue weighted by Crippen LogP contribution is -2.06. The molecule has 0 saturated carbocycles. The van der Waals surface area contributed by atoms with Gasteiger partial charge in [0.2, 0.25) is 0 Å². The quantitative estimate of drug-likeness (QED) is 0.913. The molecule has 1 N–H and O–H groups in total. The van der Waals surface area contributed by atoms with E-state index in [2.05, 4.69) is 29.1 Å². The standard InChI is InChI=1S/C15H19N3O/c1-3-10-8-9-13(19-10)15-17-12-7-5-6-11(12)14(18-15)16-4-2/h8-9H,3-7H2,1-2H3,(H,16,17,18). The summed E-state index contributed by atoms with van der Waals surface area (Å²) in [4.78, 5) is 9.31. The highest BCUT2D eigenvalue weighted by molar-refractivity contribution is 5.57. The third-order valence-electron chi connectivity index (χ3n) is 3.51. The van der Waals surface area contributed by atoms with Crippen molar-refractivity contribution >= 4 is 5.82 Å². The van der Waals surface area contributed by atoms with Crippen LogP contribution in [0.2, 0.25) is 0 Å². The third kappa shape index (κ3) is 2.23. The lowest BCUT2D eigenvalue weighted by molar-refractivity contribution is 0.525. The first-order valence-corrected chi connectivity index (χ1v) is 7.04. The van der Waals surface area contributed by atoms with Crippen molar-refractivity contribution in [3.63, 3.8) is 0 Å². The van der Waals surface area contributed by atoms with Crippen LogP contribution >= 0.6 is 0 Å². The summed E-state index contributed by atoms with van der Waals surface area (Å²) < 4.78 is 5.76. The normalized spacial score (nSPS) is 13.6. The second-order valence-electron chi connectivity index (χ2n) is 4.82. The molecule has 1 aliphatic rings. The third-order valence-corrected chi connectivity index (χ3v) is 3.51. The lowest BCUT2D eigenvalue weighted by atomic mass is 10.2. The van der Waals surface area contributed by atoms with Gasteiger partial charge < -0.3 is 9.73 Å². The first-order valence-electron chi connectivity index (χ1n) is 7.04. The Morgan fingerprint density at radius 3 is 2.84 bits per heavy atom.